The van der Waals surface area contributed by atoms with E-state index in [4.69, 9.17) is 10.00 Å². The summed E-state index contributed by atoms with van der Waals surface area (Å²) in [4.78, 5) is 14.4. The summed E-state index contributed by atoms with van der Waals surface area (Å²) in [6, 6.07) is 11.8. The number of urea groups is 1. The molecule has 1 N–H and O–H groups in total. The van der Waals surface area contributed by atoms with Crippen molar-refractivity contribution in [2.75, 3.05) is 13.2 Å². The van der Waals surface area contributed by atoms with Crippen molar-refractivity contribution in [1.29, 1.82) is 5.26 Å². The summed E-state index contributed by atoms with van der Waals surface area (Å²) in [5.74, 6) is 0. The molecule has 2 amide bonds. The first kappa shape index (κ1) is 16.3. The van der Waals surface area contributed by atoms with Crippen LogP contribution in [0.1, 0.15) is 38.3 Å². The monoisotopic (exact) mass is 301 g/mol. The Morgan fingerprint density at radius 1 is 1.45 bits per heavy atom. The third kappa shape index (κ3) is 4.22. The highest BCUT2D eigenvalue weighted by molar-refractivity contribution is 5.75. The van der Waals surface area contributed by atoms with Gasteiger partial charge in [0.1, 0.15) is 0 Å². The second-order valence-electron chi connectivity index (χ2n) is 5.75. The minimum Gasteiger partial charge on any atom is -0.375 e. The number of amides is 2. The number of hydrogen-bond acceptors (Lipinski definition) is 3. The molecule has 0 saturated carbocycles. The highest BCUT2D eigenvalue weighted by Gasteiger charge is 2.28. The van der Waals surface area contributed by atoms with E-state index >= 15 is 0 Å². The normalized spacial score (nSPS) is 22.7. The third-order valence-corrected chi connectivity index (χ3v) is 3.91. The molecule has 1 aromatic carbocycles. The van der Waals surface area contributed by atoms with Crippen molar-refractivity contribution >= 4 is 6.03 Å². The van der Waals surface area contributed by atoms with E-state index in [1.165, 1.54) is 0 Å². The number of hydrogen-bond donors (Lipinski definition) is 1. The molecule has 5 heteroatoms. The van der Waals surface area contributed by atoms with E-state index in [0.717, 1.165) is 5.56 Å². The van der Waals surface area contributed by atoms with Crippen LogP contribution in [0.15, 0.2) is 30.3 Å². The Labute approximate surface area is 131 Å². The minimum absolute atomic E-state index is 0.0521. The zero-order valence-electron chi connectivity index (χ0n) is 13.2. The van der Waals surface area contributed by atoms with E-state index in [-0.39, 0.29) is 24.2 Å². The van der Waals surface area contributed by atoms with Crippen LogP contribution in [0.4, 0.5) is 4.79 Å². The SMILES string of the molecule is C[C@@H]1CN(C(=O)N[C@H](CCC#N)c2ccccc2)[C@@H](C)CO1. The van der Waals surface area contributed by atoms with Crippen LogP contribution in [0.3, 0.4) is 0 Å². The Hall–Kier alpha value is -2.06. The van der Waals surface area contributed by atoms with E-state index in [0.29, 0.717) is 26.0 Å². The lowest BCUT2D eigenvalue weighted by atomic mass is 10.0. The van der Waals surface area contributed by atoms with Crippen molar-refractivity contribution in [3.05, 3.63) is 35.9 Å². The predicted octanol–water partition coefficient (Wildman–Crippen LogP) is 2.85. The number of ether oxygens (including phenoxy) is 1. The summed E-state index contributed by atoms with van der Waals surface area (Å²) in [5.41, 5.74) is 1.03. The van der Waals surface area contributed by atoms with Crippen molar-refractivity contribution in [1.82, 2.24) is 10.2 Å². The fourth-order valence-electron chi connectivity index (χ4n) is 2.63. The molecule has 1 aliphatic rings. The molecule has 1 saturated heterocycles. The van der Waals surface area contributed by atoms with Gasteiger partial charge in [0.2, 0.25) is 0 Å². The molecular formula is C17H23N3O2. The molecule has 0 bridgehead atoms. The number of morpholine rings is 1. The number of nitrogens with zero attached hydrogens (tertiary/aromatic N) is 2. The fourth-order valence-corrected chi connectivity index (χ4v) is 2.63. The molecule has 2 rings (SSSR count). The molecule has 3 atom stereocenters. The Kier molecular flexibility index (Phi) is 5.79. The highest BCUT2D eigenvalue weighted by Crippen LogP contribution is 2.20. The molecule has 5 nitrogen and oxygen atoms in total. The number of benzene rings is 1. The fraction of sp³-hybridized carbons (Fsp3) is 0.529. The standard InChI is InChI=1S/C17H23N3O2/c1-13-12-22-14(2)11-20(13)17(21)19-16(9-6-10-18)15-7-4-3-5-8-15/h3-5,7-8,13-14,16H,6,9,11-12H2,1-2H3,(H,19,21)/t13-,14+,16+/m0/s1. The molecule has 22 heavy (non-hydrogen) atoms. The predicted molar refractivity (Wildman–Crippen MR) is 84.1 cm³/mol. The quantitative estimate of drug-likeness (QED) is 0.930. The minimum atomic E-state index is -0.140. The maximum atomic E-state index is 12.6. The van der Waals surface area contributed by atoms with Gasteiger partial charge >= 0.3 is 6.03 Å². The molecule has 1 aliphatic heterocycles. The van der Waals surface area contributed by atoms with Gasteiger partial charge < -0.3 is 15.0 Å². The lowest BCUT2D eigenvalue weighted by Crippen LogP contribution is -2.54. The van der Waals surface area contributed by atoms with Gasteiger partial charge in [0, 0.05) is 13.0 Å². The van der Waals surface area contributed by atoms with E-state index in [2.05, 4.69) is 11.4 Å². The molecule has 118 valence electrons. The van der Waals surface area contributed by atoms with E-state index in [1.807, 2.05) is 49.1 Å². The van der Waals surface area contributed by atoms with Crippen LogP contribution in [0.25, 0.3) is 0 Å². The van der Waals surface area contributed by atoms with Gasteiger partial charge in [0.15, 0.2) is 0 Å². The van der Waals surface area contributed by atoms with Gasteiger partial charge in [0.25, 0.3) is 0 Å². The first-order chi connectivity index (χ1) is 10.6. The maximum Gasteiger partial charge on any atom is 0.318 e. The second-order valence-corrected chi connectivity index (χ2v) is 5.75. The number of nitrogens with one attached hydrogen (secondary N) is 1. The zero-order chi connectivity index (χ0) is 15.9. The summed E-state index contributed by atoms with van der Waals surface area (Å²) in [6.45, 7) is 5.10. The van der Waals surface area contributed by atoms with Crippen LogP contribution in [0.5, 0.6) is 0 Å². The molecule has 1 aromatic rings. The van der Waals surface area contributed by atoms with Gasteiger partial charge in [-0.05, 0) is 25.8 Å². The largest absolute Gasteiger partial charge is 0.375 e. The number of rotatable bonds is 4. The van der Waals surface area contributed by atoms with Crippen molar-refractivity contribution < 1.29 is 9.53 Å². The van der Waals surface area contributed by atoms with E-state index < -0.39 is 0 Å². The van der Waals surface area contributed by atoms with Gasteiger partial charge in [-0.2, -0.15) is 5.26 Å². The molecule has 0 aromatic heterocycles. The smallest absolute Gasteiger partial charge is 0.318 e. The van der Waals surface area contributed by atoms with Crippen LogP contribution >= 0.6 is 0 Å². The topological polar surface area (TPSA) is 65.4 Å². The Balaban J connectivity index is 2.06. The molecular weight excluding hydrogens is 278 g/mol. The lowest BCUT2D eigenvalue weighted by Gasteiger charge is -2.37. The number of carbonyl (C=O) groups excluding carboxylic acids is 1. The highest BCUT2D eigenvalue weighted by atomic mass is 16.5. The van der Waals surface area contributed by atoms with Crippen molar-refractivity contribution in [3.63, 3.8) is 0 Å². The first-order valence-corrected chi connectivity index (χ1v) is 7.72. The number of nitriles is 1. The molecule has 0 radical (unpaired) electrons. The van der Waals surface area contributed by atoms with Crippen molar-refractivity contribution in [2.45, 2.75) is 44.9 Å². The first-order valence-electron chi connectivity index (χ1n) is 7.72. The molecule has 0 unspecified atom stereocenters. The van der Waals surface area contributed by atoms with Gasteiger partial charge in [-0.25, -0.2) is 4.79 Å². The summed E-state index contributed by atoms with van der Waals surface area (Å²) >= 11 is 0. The molecule has 1 heterocycles. The third-order valence-electron chi connectivity index (χ3n) is 3.91. The van der Waals surface area contributed by atoms with Gasteiger partial charge in [-0.15, -0.1) is 0 Å². The van der Waals surface area contributed by atoms with Gasteiger partial charge in [-0.3, -0.25) is 0 Å². The Morgan fingerprint density at radius 3 is 2.86 bits per heavy atom. The Morgan fingerprint density at radius 2 is 2.18 bits per heavy atom. The summed E-state index contributed by atoms with van der Waals surface area (Å²) in [5, 5.41) is 11.9. The zero-order valence-corrected chi connectivity index (χ0v) is 13.2. The summed E-state index contributed by atoms with van der Waals surface area (Å²) < 4.78 is 5.56. The average molecular weight is 301 g/mol. The van der Waals surface area contributed by atoms with Gasteiger partial charge in [0.05, 0.1) is 30.9 Å². The van der Waals surface area contributed by atoms with Crippen molar-refractivity contribution in [2.24, 2.45) is 0 Å². The number of carbonyl (C=O) groups is 1. The molecule has 0 aliphatic carbocycles. The molecule has 1 fully saturated rings. The average Bonchev–Trinajstić information content (AvgIpc) is 2.54. The second kappa shape index (κ2) is 7.81. The van der Waals surface area contributed by atoms with Crippen LogP contribution in [0, 0.1) is 11.3 Å². The lowest BCUT2D eigenvalue weighted by molar-refractivity contribution is -0.0321. The molecule has 0 spiro atoms. The van der Waals surface area contributed by atoms with Crippen LogP contribution in [0.2, 0.25) is 0 Å². The van der Waals surface area contributed by atoms with Crippen LogP contribution < -0.4 is 5.32 Å². The van der Waals surface area contributed by atoms with E-state index in [1.54, 1.807) is 0 Å². The van der Waals surface area contributed by atoms with Crippen LogP contribution in [-0.4, -0.2) is 36.2 Å². The summed E-state index contributed by atoms with van der Waals surface area (Å²) in [7, 11) is 0. The van der Waals surface area contributed by atoms with Crippen LogP contribution in [-0.2, 0) is 4.74 Å². The van der Waals surface area contributed by atoms with E-state index in [9.17, 15) is 4.79 Å². The van der Waals surface area contributed by atoms with Crippen molar-refractivity contribution in [3.8, 4) is 6.07 Å². The summed E-state index contributed by atoms with van der Waals surface area (Å²) in [6.07, 6.45) is 1.08. The maximum absolute atomic E-state index is 12.6. The van der Waals surface area contributed by atoms with Gasteiger partial charge in [-0.1, -0.05) is 30.3 Å². The Bertz CT molecular complexity index is 526.